The topological polar surface area (TPSA) is 62.7 Å². The number of rotatable bonds is 4. The lowest BCUT2D eigenvalue weighted by Crippen LogP contribution is -2.65. The Kier molecular flexibility index (Phi) is 5.23. The maximum Gasteiger partial charge on any atom is 0.251 e. The Morgan fingerprint density at radius 3 is 2.46 bits per heavy atom. The van der Waals surface area contributed by atoms with Gasteiger partial charge in [-0.25, -0.2) is 9.37 Å². The first kappa shape index (κ1) is 19.1. The van der Waals surface area contributed by atoms with Gasteiger partial charge in [0.25, 0.3) is 5.91 Å². The third kappa shape index (κ3) is 3.57. The van der Waals surface area contributed by atoms with Crippen molar-refractivity contribution in [1.29, 1.82) is 0 Å². The van der Waals surface area contributed by atoms with Crippen molar-refractivity contribution < 1.29 is 18.7 Å². The predicted octanol–water partition coefficient (Wildman–Crippen LogP) is 2.92. The van der Waals surface area contributed by atoms with Gasteiger partial charge in [-0.05, 0) is 23.8 Å². The Balaban J connectivity index is 1.65. The number of hydrogen-bond acceptors (Lipinski definition) is 4. The molecule has 2 amide bonds. The van der Waals surface area contributed by atoms with E-state index in [1.54, 1.807) is 24.3 Å². The van der Waals surface area contributed by atoms with Gasteiger partial charge in [0.2, 0.25) is 5.91 Å². The van der Waals surface area contributed by atoms with E-state index < -0.39 is 11.9 Å². The Morgan fingerprint density at radius 2 is 1.86 bits per heavy atom. The van der Waals surface area contributed by atoms with Gasteiger partial charge in [0.1, 0.15) is 12.6 Å². The van der Waals surface area contributed by atoms with E-state index in [9.17, 15) is 14.0 Å². The van der Waals surface area contributed by atoms with E-state index in [0.717, 1.165) is 16.5 Å². The molecule has 3 heterocycles. The van der Waals surface area contributed by atoms with Crippen molar-refractivity contribution in [1.82, 2.24) is 9.88 Å². The van der Waals surface area contributed by atoms with Crippen molar-refractivity contribution in [3.05, 3.63) is 58.0 Å². The number of carbonyl (C=O) groups excluding carboxylic acids is 2. The quantitative estimate of drug-likeness (QED) is 0.758. The zero-order valence-corrected chi connectivity index (χ0v) is 16.2. The highest BCUT2D eigenvalue weighted by molar-refractivity contribution is 6.30. The molecule has 0 spiro atoms. The number of aromatic nitrogens is 1. The van der Waals surface area contributed by atoms with E-state index >= 15 is 0 Å². The van der Waals surface area contributed by atoms with E-state index in [2.05, 4.69) is 4.98 Å². The van der Waals surface area contributed by atoms with Crippen LogP contribution in [0.1, 0.15) is 5.56 Å². The van der Waals surface area contributed by atoms with E-state index in [1.807, 2.05) is 0 Å². The summed E-state index contributed by atoms with van der Waals surface area (Å²) >= 11 is 11.7. The van der Waals surface area contributed by atoms with Crippen LogP contribution in [-0.2, 0) is 20.9 Å². The number of pyridine rings is 1. The van der Waals surface area contributed by atoms with Crippen molar-refractivity contribution in [2.24, 2.45) is 5.92 Å². The summed E-state index contributed by atoms with van der Waals surface area (Å²) in [6.07, 6.45) is 1.25. The zero-order valence-electron chi connectivity index (χ0n) is 14.6. The molecular formula is C19H16Cl2FN3O3. The van der Waals surface area contributed by atoms with Gasteiger partial charge in [-0.3, -0.25) is 14.5 Å². The van der Waals surface area contributed by atoms with Crippen LogP contribution in [0.3, 0.4) is 0 Å². The van der Waals surface area contributed by atoms with Crippen molar-refractivity contribution >= 4 is 40.8 Å². The summed E-state index contributed by atoms with van der Waals surface area (Å²) in [5, 5.41) is 0.703. The lowest BCUT2D eigenvalue weighted by atomic mass is 9.92. The van der Waals surface area contributed by atoms with Crippen LogP contribution in [0.5, 0.6) is 0 Å². The SMILES string of the molecule is O=C1C(C2COC2)N(Cc2ccc(Cl)cc2)C(=O)CN1c1ncc(Cl)cc1F. The number of nitrogens with zero attached hydrogens (tertiary/aromatic N) is 3. The number of carbonyl (C=O) groups is 2. The Hall–Kier alpha value is -2.22. The molecule has 0 N–H and O–H groups in total. The normalized spacial score (nSPS) is 20.5. The predicted molar refractivity (Wildman–Crippen MR) is 102 cm³/mol. The highest BCUT2D eigenvalue weighted by Gasteiger charge is 2.47. The third-order valence-electron chi connectivity index (χ3n) is 4.89. The van der Waals surface area contributed by atoms with Gasteiger partial charge in [-0.1, -0.05) is 35.3 Å². The van der Waals surface area contributed by atoms with Crippen molar-refractivity contribution in [3.63, 3.8) is 0 Å². The molecular weight excluding hydrogens is 408 g/mol. The van der Waals surface area contributed by atoms with Crippen LogP contribution >= 0.6 is 23.2 Å². The monoisotopic (exact) mass is 423 g/mol. The largest absolute Gasteiger partial charge is 0.380 e. The van der Waals surface area contributed by atoms with Gasteiger partial charge in [-0.15, -0.1) is 0 Å². The smallest absolute Gasteiger partial charge is 0.251 e. The third-order valence-corrected chi connectivity index (χ3v) is 5.35. The summed E-state index contributed by atoms with van der Waals surface area (Å²) in [6.45, 7) is 0.700. The first-order chi connectivity index (χ1) is 13.4. The minimum atomic E-state index is -0.748. The number of hydrogen-bond donors (Lipinski definition) is 0. The van der Waals surface area contributed by atoms with E-state index in [-0.39, 0.29) is 41.7 Å². The first-order valence-corrected chi connectivity index (χ1v) is 9.43. The average Bonchev–Trinajstić information content (AvgIpc) is 2.61. The van der Waals surface area contributed by atoms with Gasteiger partial charge in [0, 0.05) is 23.7 Å². The van der Waals surface area contributed by atoms with E-state index in [1.165, 1.54) is 11.1 Å². The molecule has 2 aliphatic rings. The molecule has 2 aromatic rings. The minimum Gasteiger partial charge on any atom is -0.380 e. The lowest BCUT2D eigenvalue weighted by Gasteiger charge is -2.45. The van der Waals surface area contributed by atoms with Gasteiger partial charge in [-0.2, -0.15) is 0 Å². The first-order valence-electron chi connectivity index (χ1n) is 8.68. The van der Waals surface area contributed by atoms with Crippen LogP contribution in [0, 0.1) is 11.7 Å². The molecule has 9 heteroatoms. The zero-order chi connectivity index (χ0) is 19.8. The van der Waals surface area contributed by atoms with Crippen LogP contribution in [-0.4, -0.2) is 47.5 Å². The number of amides is 2. The molecule has 0 saturated carbocycles. The molecule has 0 radical (unpaired) electrons. The summed E-state index contributed by atoms with van der Waals surface area (Å²) in [4.78, 5) is 32.7. The average molecular weight is 424 g/mol. The maximum atomic E-state index is 14.3. The van der Waals surface area contributed by atoms with Crippen LogP contribution in [0.15, 0.2) is 36.5 Å². The number of anilines is 1. The second-order valence-corrected chi connectivity index (χ2v) is 7.65. The Bertz CT molecular complexity index is 921. The van der Waals surface area contributed by atoms with Crippen LogP contribution < -0.4 is 4.90 Å². The number of halogens is 3. The van der Waals surface area contributed by atoms with Crippen LogP contribution in [0.2, 0.25) is 10.0 Å². The molecule has 4 rings (SSSR count). The standard InChI is InChI=1S/C19H16Cl2FN3O3/c20-13-3-1-11(2-4-13)7-24-16(26)8-25(18-15(22)5-14(21)6-23-18)19(27)17(24)12-9-28-10-12/h1-6,12,17H,7-10H2. The molecule has 1 atom stereocenters. The number of ether oxygens (including phenoxy) is 1. The molecule has 2 fully saturated rings. The van der Waals surface area contributed by atoms with Crippen LogP contribution in [0.4, 0.5) is 10.2 Å². The molecule has 6 nitrogen and oxygen atoms in total. The molecule has 2 saturated heterocycles. The molecule has 28 heavy (non-hydrogen) atoms. The lowest BCUT2D eigenvalue weighted by molar-refractivity contribution is -0.155. The number of piperazine rings is 1. The fourth-order valence-electron chi connectivity index (χ4n) is 3.40. The highest BCUT2D eigenvalue weighted by Crippen LogP contribution is 2.30. The fourth-order valence-corrected chi connectivity index (χ4v) is 3.67. The summed E-state index contributed by atoms with van der Waals surface area (Å²) in [7, 11) is 0. The summed E-state index contributed by atoms with van der Waals surface area (Å²) in [5.74, 6) is -1.76. The molecule has 1 aromatic heterocycles. The van der Waals surface area contributed by atoms with Crippen molar-refractivity contribution in [2.75, 3.05) is 24.7 Å². The summed E-state index contributed by atoms with van der Waals surface area (Å²) < 4.78 is 19.6. The van der Waals surface area contributed by atoms with E-state index in [4.69, 9.17) is 27.9 Å². The van der Waals surface area contributed by atoms with Crippen LogP contribution in [0.25, 0.3) is 0 Å². The second-order valence-electron chi connectivity index (χ2n) is 6.77. The number of benzene rings is 1. The molecule has 1 aromatic carbocycles. The fraction of sp³-hybridized carbons (Fsp3) is 0.316. The van der Waals surface area contributed by atoms with Gasteiger partial charge < -0.3 is 9.64 Å². The molecule has 146 valence electrons. The molecule has 1 unspecified atom stereocenters. The summed E-state index contributed by atoms with van der Waals surface area (Å²) in [6, 6.07) is 7.40. The van der Waals surface area contributed by atoms with Gasteiger partial charge in [0.15, 0.2) is 11.6 Å². The summed E-state index contributed by atoms with van der Waals surface area (Å²) in [5.41, 5.74) is 0.847. The highest BCUT2D eigenvalue weighted by atomic mass is 35.5. The van der Waals surface area contributed by atoms with E-state index in [0.29, 0.717) is 18.2 Å². The van der Waals surface area contributed by atoms with Gasteiger partial charge in [0.05, 0.1) is 18.2 Å². The van der Waals surface area contributed by atoms with Gasteiger partial charge >= 0.3 is 0 Å². The Morgan fingerprint density at radius 1 is 1.14 bits per heavy atom. The minimum absolute atomic E-state index is 0.116. The molecule has 2 aliphatic heterocycles. The van der Waals surface area contributed by atoms with Crippen molar-refractivity contribution in [2.45, 2.75) is 12.6 Å². The molecule has 0 aliphatic carbocycles. The van der Waals surface area contributed by atoms with Crippen molar-refractivity contribution in [3.8, 4) is 0 Å². The second kappa shape index (κ2) is 7.66. The Labute approximate surface area is 170 Å². The maximum absolute atomic E-state index is 14.3. The molecule has 0 bridgehead atoms.